The van der Waals surface area contributed by atoms with E-state index in [1.807, 2.05) is 6.07 Å². The quantitative estimate of drug-likeness (QED) is 0.796. The predicted molar refractivity (Wildman–Crippen MR) is 63.7 cm³/mol. The van der Waals surface area contributed by atoms with Gasteiger partial charge < -0.3 is 20.3 Å². The molecule has 0 radical (unpaired) electrons. The lowest BCUT2D eigenvalue weighted by molar-refractivity contribution is -0.138. The first-order chi connectivity index (χ1) is 8.58. The number of hydrogen-bond acceptors (Lipinski definition) is 5. The summed E-state index contributed by atoms with van der Waals surface area (Å²) in [6.45, 7) is -0.0598. The largest absolute Gasteiger partial charge is 0.493 e. The van der Waals surface area contributed by atoms with Crippen LogP contribution >= 0.6 is 0 Å². The summed E-state index contributed by atoms with van der Waals surface area (Å²) in [6, 6.07) is 4.91. The first kappa shape index (κ1) is 13.8. The molecule has 0 amide bonds. The highest BCUT2D eigenvalue weighted by atomic mass is 16.5. The van der Waals surface area contributed by atoms with Crippen molar-refractivity contribution in [2.75, 3.05) is 20.8 Å². The number of ether oxygens (including phenoxy) is 2. The maximum absolute atomic E-state index is 11.0. The Balaban J connectivity index is 3.40. The van der Waals surface area contributed by atoms with E-state index in [4.69, 9.17) is 25.6 Å². The molecule has 1 unspecified atom stereocenters. The van der Waals surface area contributed by atoms with Crippen molar-refractivity contribution in [3.8, 4) is 17.6 Å². The summed E-state index contributed by atoms with van der Waals surface area (Å²) in [7, 11) is 2.83. The van der Waals surface area contributed by atoms with E-state index in [1.54, 1.807) is 0 Å². The normalized spacial score (nSPS) is 11.4. The average Bonchev–Trinajstić information content (AvgIpc) is 2.37. The highest BCUT2D eigenvalue weighted by molar-refractivity contribution is 5.77. The van der Waals surface area contributed by atoms with E-state index in [9.17, 15) is 4.79 Å². The Morgan fingerprint density at radius 3 is 2.56 bits per heavy atom. The van der Waals surface area contributed by atoms with E-state index in [1.165, 1.54) is 26.4 Å². The van der Waals surface area contributed by atoms with Crippen molar-refractivity contribution in [2.45, 2.75) is 5.92 Å². The number of aliphatic carboxylic acids is 1. The molecule has 0 heterocycles. The van der Waals surface area contributed by atoms with Crippen molar-refractivity contribution in [1.29, 1.82) is 5.26 Å². The number of nitrogens with zero attached hydrogens (tertiary/aromatic N) is 1. The Hall–Kier alpha value is -2.26. The number of benzene rings is 1. The van der Waals surface area contributed by atoms with Crippen molar-refractivity contribution in [3.63, 3.8) is 0 Å². The van der Waals surface area contributed by atoms with Crippen LogP contribution in [0.1, 0.15) is 17.0 Å². The number of nitrogens with two attached hydrogens (primary N) is 1. The minimum Gasteiger partial charge on any atom is -0.493 e. The van der Waals surface area contributed by atoms with E-state index in [2.05, 4.69) is 0 Å². The van der Waals surface area contributed by atoms with Gasteiger partial charge in [-0.25, -0.2) is 0 Å². The number of carbonyl (C=O) groups is 1. The molecule has 1 rings (SSSR count). The zero-order valence-corrected chi connectivity index (χ0v) is 10.1. The van der Waals surface area contributed by atoms with Crippen LogP contribution < -0.4 is 15.2 Å². The molecule has 0 aliphatic carbocycles. The summed E-state index contributed by atoms with van der Waals surface area (Å²) in [5.41, 5.74) is 6.05. The lowest BCUT2D eigenvalue weighted by Crippen LogP contribution is -2.21. The van der Waals surface area contributed by atoms with Crippen LogP contribution in [0.2, 0.25) is 0 Å². The van der Waals surface area contributed by atoms with Gasteiger partial charge in [0.05, 0.1) is 25.7 Å². The van der Waals surface area contributed by atoms with Crippen LogP contribution in [0.25, 0.3) is 0 Å². The fraction of sp³-hybridized carbons (Fsp3) is 0.333. The van der Waals surface area contributed by atoms with Crippen molar-refractivity contribution >= 4 is 5.97 Å². The summed E-state index contributed by atoms with van der Waals surface area (Å²) in [4.78, 5) is 11.0. The number of hydrogen-bond donors (Lipinski definition) is 2. The first-order valence-corrected chi connectivity index (χ1v) is 5.17. The summed E-state index contributed by atoms with van der Waals surface area (Å²) in [5.74, 6) is -1.33. The Kier molecular flexibility index (Phi) is 4.52. The summed E-state index contributed by atoms with van der Waals surface area (Å²) < 4.78 is 10.1. The Labute approximate surface area is 105 Å². The highest BCUT2D eigenvalue weighted by Crippen LogP contribution is 2.34. The van der Waals surface area contributed by atoms with E-state index >= 15 is 0 Å². The van der Waals surface area contributed by atoms with Gasteiger partial charge in [0.2, 0.25) is 0 Å². The smallest absolute Gasteiger partial charge is 0.312 e. The maximum Gasteiger partial charge on any atom is 0.312 e. The molecule has 0 saturated heterocycles. The predicted octanol–water partition coefficient (Wildman–Crippen LogP) is 0.702. The second-order valence-electron chi connectivity index (χ2n) is 3.54. The fourth-order valence-corrected chi connectivity index (χ4v) is 1.65. The zero-order valence-electron chi connectivity index (χ0n) is 10.1. The molecule has 0 aromatic heterocycles. The topological polar surface area (TPSA) is 106 Å². The third-order valence-corrected chi connectivity index (χ3v) is 2.56. The van der Waals surface area contributed by atoms with Gasteiger partial charge >= 0.3 is 5.97 Å². The number of carboxylic acids is 1. The third kappa shape index (κ3) is 2.52. The Morgan fingerprint density at radius 1 is 1.50 bits per heavy atom. The SMILES string of the molecule is COc1cc(C(CN)C(=O)O)cc(C#N)c1OC. The molecule has 0 bridgehead atoms. The number of carboxylic acid groups (broad SMARTS) is 1. The Morgan fingerprint density at radius 2 is 2.17 bits per heavy atom. The van der Waals surface area contributed by atoms with Gasteiger partial charge in [-0.2, -0.15) is 5.26 Å². The van der Waals surface area contributed by atoms with Gasteiger partial charge in [-0.3, -0.25) is 4.79 Å². The lowest BCUT2D eigenvalue weighted by Gasteiger charge is -2.15. The number of rotatable bonds is 5. The van der Waals surface area contributed by atoms with Gasteiger partial charge in [0.1, 0.15) is 6.07 Å². The van der Waals surface area contributed by atoms with Crippen LogP contribution in [0.5, 0.6) is 11.5 Å². The van der Waals surface area contributed by atoms with E-state index < -0.39 is 11.9 Å². The summed E-state index contributed by atoms with van der Waals surface area (Å²) in [6.07, 6.45) is 0. The van der Waals surface area contributed by atoms with Gasteiger partial charge in [0.25, 0.3) is 0 Å². The molecule has 1 aromatic carbocycles. The van der Waals surface area contributed by atoms with Crippen LogP contribution in [-0.4, -0.2) is 31.8 Å². The van der Waals surface area contributed by atoms with Crippen LogP contribution in [0.4, 0.5) is 0 Å². The third-order valence-electron chi connectivity index (χ3n) is 2.56. The molecular formula is C12H14N2O4. The molecule has 0 aliphatic heterocycles. The molecule has 1 atom stereocenters. The van der Waals surface area contributed by atoms with Crippen molar-refractivity contribution in [1.82, 2.24) is 0 Å². The van der Waals surface area contributed by atoms with Crippen LogP contribution in [-0.2, 0) is 4.79 Å². The summed E-state index contributed by atoms with van der Waals surface area (Å²) >= 11 is 0. The monoisotopic (exact) mass is 250 g/mol. The van der Waals surface area contributed by atoms with Crippen molar-refractivity contribution in [3.05, 3.63) is 23.3 Å². The van der Waals surface area contributed by atoms with Gasteiger partial charge in [0, 0.05) is 6.54 Å². The second kappa shape index (κ2) is 5.89. The number of nitriles is 1. The van der Waals surface area contributed by atoms with E-state index in [0.717, 1.165) is 0 Å². The number of methoxy groups -OCH3 is 2. The van der Waals surface area contributed by atoms with Crippen LogP contribution in [0.3, 0.4) is 0 Å². The molecule has 18 heavy (non-hydrogen) atoms. The first-order valence-electron chi connectivity index (χ1n) is 5.17. The van der Waals surface area contributed by atoms with Crippen LogP contribution in [0.15, 0.2) is 12.1 Å². The molecule has 0 spiro atoms. The van der Waals surface area contributed by atoms with Crippen molar-refractivity contribution < 1.29 is 19.4 Å². The zero-order chi connectivity index (χ0) is 13.7. The van der Waals surface area contributed by atoms with E-state index in [0.29, 0.717) is 11.3 Å². The van der Waals surface area contributed by atoms with Gasteiger partial charge in [-0.15, -0.1) is 0 Å². The maximum atomic E-state index is 11.0. The van der Waals surface area contributed by atoms with E-state index in [-0.39, 0.29) is 17.9 Å². The Bertz CT molecular complexity index is 494. The molecule has 3 N–H and O–H groups in total. The summed E-state index contributed by atoms with van der Waals surface area (Å²) in [5, 5.41) is 18.1. The molecule has 0 saturated carbocycles. The molecule has 6 heteroatoms. The fourth-order valence-electron chi connectivity index (χ4n) is 1.65. The second-order valence-corrected chi connectivity index (χ2v) is 3.54. The molecule has 0 fully saturated rings. The minimum atomic E-state index is -1.05. The molecular weight excluding hydrogens is 236 g/mol. The highest BCUT2D eigenvalue weighted by Gasteiger charge is 2.22. The standard InChI is InChI=1S/C12H14N2O4/c1-17-10-4-7(9(6-14)12(15)16)3-8(5-13)11(10)18-2/h3-4,9H,6,14H2,1-2H3,(H,15,16). The minimum absolute atomic E-state index is 0.0598. The van der Waals surface area contributed by atoms with Crippen LogP contribution in [0, 0.1) is 11.3 Å². The average molecular weight is 250 g/mol. The van der Waals surface area contributed by atoms with Crippen molar-refractivity contribution in [2.24, 2.45) is 5.73 Å². The molecule has 96 valence electrons. The molecule has 1 aromatic rings. The lowest BCUT2D eigenvalue weighted by atomic mass is 9.96. The van der Waals surface area contributed by atoms with Gasteiger partial charge in [-0.1, -0.05) is 0 Å². The molecule has 0 aliphatic rings. The van der Waals surface area contributed by atoms with Gasteiger partial charge in [0.15, 0.2) is 11.5 Å². The van der Waals surface area contributed by atoms with Gasteiger partial charge in [-0.05, 0) is 17.7 Å². The molecule has 6 nitrogen and oxygen atoms in total.